The van der Waals surface area contributed by atoms with Gasteiger partial charge in [0.25, 0.3) is 23.2 Å². The number of Topliss-reactive ketones (excluding diaryl/α,β-unsaturated/α-hetero) is 1. The summed E-state index contributed by atoms with van der Waals surface area (Å²) in [6.45, 7) is 11.7. The van der Waals surface area contributed by atoms with Crippen LogP contribution in [0, 0.1) is 31.9 Å². The molecule has 4 aliphatic heterocycles. The number of hydrogen-bond donors (Lipinski definition) is 0. The maximum Gasteiger partial charge on any atom is 0.270 e. The number of carbonyl (C=O) groups is 3. The first-order chi connectivity index (χ1) is 32.6. The van der Waals surface area contributed by atoms with E-state index >= 15 is 8.78 Å². The highest BCUT2D eigenvalue weighted by atomic mass is 19.1. The van der Waals surface area contributed by atoms with Crippen LogP contribution in [0.4, 0.5) is 42.9 Å². The zero-order valence-corrected chi connectivity index (χ0v) is 39.2. The third-order valence-electron chi connectivity index (χ3n) is 14.7. The van der Waals surface area contributed by atoms with Crippen molar-refractivity contribution in [3.63, 3.8) is 0 Å². The van der Waals surface area contributed by atoms with Crippen molar-refractivity contribution in [2.45, 2.75) is 90.1 Å². The fourth-order valence-corrected chi connectivity index (χ4v) is 10.5. The average molecular weight is 935 g/mol. The van der Waals surface area contributed by atoms with Crippen LogP contribution in [0.2, 0.25) is 0 Å². The van der Waals surface area contributed by atoms with E-state index in [1.54, 1.807) is 60.0 Å². The monoisotopic (exact) mass is 934 g/mol. The molecule has 15 nitrogen and oxygen atoms in total. The Bertz CT molecular complexity index is 2410. The van der Waals surface area contributed by atoms with Crippen LogP contribution in [0.5, 0.6) is 0 Å². The van der Waals surface area contributed by atoms with Crippen molar-refractivity contribution in [2.24, 2.45) is 0 Å². The van der Waals surface area contributed by atoms with Gasteiger partial charge in [-0.15, -0.1) is 0 Å². The zero-order valence-electron chi connectivity index (χ0n) is 39.2. The molecule has 0 aromatic heterocycles. The van der Waals surface area contributed by atoms with Gasteiger partial charge in [0.1, 0.15) is 17.4 Å². The van der Waals surface area contributed by atoms with Crippen LogP contribution in [0.25, 0.3) is 0 Å². The van der Waals surface area contributed by atoms with Crippen molar-refractivity contribution in [3.8, 4) is 0 Å². The average Bonchev–Trinajstić information content (AvgIpc) is 3.35. The van der Waals surface area contributed by atoms with E-state index in [4.69, 9.17) is 0 Å². The van der Waals surface area contributed by atoms with Crippen molar-refractivity contribution < 1.29 is 33.0 Å². The second-order valence-corrected chi connectivity index (χ2v) is 18.8. The lowest BCUT2D eigenvalue weighted by Crippen LogP contribution is -2.49. The molecular weight excluding hydrogens is 875 g/mol. The number of halogens is 2. The zero-order chi connectivity index (χ0) is 48.4. The largest absolute Gasteiger partial charge is 0.368 e. The van der Waals surface area contributed by atoms with Crippen LogP contribution >= 0.6 is 0 Å². The summed E-state index contributed by atoms with van der Waals surface area (Å²) < 4.78 is 31.8. The molecule has 0 aliphatic carbocycles. The van der Waals surface area contributed by atoms with Crippen LogP contribution in [0.1, 0.15) is 110 Å². The maximum absolute atomic E-state index is 15.9. The number of anilines is 4. The summed E-state index contributed by atoms with van der Waals surface area (Å²) in [6.07, 6.45) is 6.05. The van der Waals surface area contributed by atoms with Gasteiger partial charge in [-0.1, -0.05) is 26.0 Å². The highest BCUT2D eigenvalue weighted by Gasteiger charge is 2.33. The predicted octanol–water partition coefficient (Wildman–Crippen LogP) is 8.94. The summed E-state index contributed by atoms with van der Waals surface area (Å²) >= 11 is 0. The molecule has 4 aromatic rings. The molecule has 2 amide bonds. The molecule has 8 rings (SSSR count). The lowest BCUT2D eigenvalue weighted by molar-refractivity contribution is -0.385. The molecule has 0 bridgehead atoms. The molecule has 4 saturated heterocycles. The minimum atomic E-state index is -0.701. The molecule has 360 valence electrons. The number of non-ortho nitro benzene ring substituents is 2. The van der Waals surface area contributed by atoms with Gasteiger partial charge < -0.3 is 29.4 Å². The van der Waals surface area contributed by atoms with Crippen LogP contribution in [-0.4, -0.2) is 115 Å². The topological polar surface area (TPSA) is 157 Å². The molecule has 0 N–H and O–H groups in total. The summed E-state index contributed by atoms with van der Waals surface area (Å²) in [4.78, 5) is 75.5. The number of hydrogen-bond acceptors (Lipinski definition) is 11. The molecule has 4 fully saturated rings. The van der Waals surface area contributed by atoms with E-state index < -0.39 is 33.3 Å². The first-order valence-electron chi connectivity index (χ1n) is 23.9. The smallest absolute Gasteiger partial charge is 0.270 e. The van der Waals surface area contributed by atoms with Crippen molar-refractivity contribution >= 4 is 51.7 Å². The highest BCUT2D eigenvalue weighted by molar-refractivity contribution is 6.01. The number of ketones is 1. The third kappa shape index (κ3) is 9.83. The van der Waals surface area contributed by atoms with Crippen LogP contribution < -0.4 is 19.6 Å². The number of carbonyl (C=O) groups excluding carboxylic acids is 3. The number of amides is 2. The highest BCUT2D eigenvalue weighted by Crippen LogP contribution is 2.36. The first-order valence-corrected chi connectivity index (χ1v) is 23.9. The van der Waals surface area contributed by atoms with E-state index in [1.807, 2.05) is 9.80 Å². The standard InChI is InChI=1S/C51H60F2N8O7/c1-33-9-5-7-19-58(33)45-17-13-39(60(65)66)31-41(45)50(63)56-25-21-54(22-26-56)47-15-11-37(29-43(47)52)35(3)49(62)36(4)38-12-16-48(44(53)30-38)55-23-27-57(28-24-55)51(64)42-32-40(61(67)68)14-18-46(42)59-20-8-6-10-34(59)2/h11-18,29-36H,5-10,19-28H2,1-4H3. The fraction of sp³-hybridized carbons (Fsp3) is 0.471. The molecule has 68 heavy (non-hydrogen) atoms. The molecule has 0 spiro atoms. The summed E-state index contributed by atoms with van der Waals surface area (Å²) in [5.74, 6) is -3.21. The quantitative estimate of drug-likeness (QED) is 0.0987. The van der Waals surface area contributed by atoms with Gasteiger partial charge in [-0.25, -0.2) is 8.78 Å². The molecule has 0 radical (unpaired) electrons. The molecule has 4 aromatic carbocycles. The number of rotatable bonds is 12. The van der Waals surface area contributed by atoms with Gasteiger partial charge in [0.15, 0.2) is 0 Å². The molecule has 4 unspecified atom stereocenters. The van der Waals surface area contributed by atoms with Gasteiger partial charge in [0.2, 0.25) is 0 Å². The SMILES string of the molecule is CC(C(=O)C(C)c1ccc(N2CCN(C(=O)c3cc([N+](=O)[O-])ccc3N3CCCCC3C)CC2)c(F)c1)c1ccc(N2CCN(C(=O)c3cc([N+](=O)[O-])ccc3N3CCCCC3C)CC2)c(F)c1. The Morgan fingerprint density at radius 3 is 1.24 bits per heavy atom. The lowest BCUT2D eigenvalue weighted by atomic mass is 9.85. The van der Waals surface area contributed by atoms with E-state index in [2.05, 4.69) is 23.6 Å². The molecule has 4 atom stereocenters. The summed E-state index contributed by atoms with van der Waals surface area (Å²) in [5, 5.41) is 23.4. The Morgan fingerprint density at radius 2 is 0.897 bits per heavy atom. The predicted molar refractivity (Wildman–Crippen MR) is 258 cm³/mol. The van der Waals surface area contributed by atoms with Crippen LogP contribution in [-0.2, 0) is 4.79 Å². The number of benzene rings is 4. The minimum absolute atomic E-state index is 0.146. The minimum Gasteiger partial charge on any atom is -0.368 e. The Hall–Kier alpha value is -6.65. The summed E-state index contributed by atoms with van der Waals surface area (Å²) in [7, 11) is 0. The van der Waals surface area contributed by atoms with Gasteiger partial charge >= 0.3 is 0 Å². The number of piperazine rings is 2. The molecular formula is C51H60F2N8O7. The Labute approximate surface area is 395 Å². The third-order valence-corrected chi connectivity index (χ3v) is 14.7. The molecule has 17 heteroatoms. The molecule has 4 heterocycles. The number of nitrogens with zero attached hydrogens (tertiary/aromatic N) is 8. The Kier molecular flexibility index (Phi) is 14.3. The van der Waals surface area contributed by atoms with E-state index in [0.717, 1.165) is 51.6 Å². The van der Waals surface area contributed by atoms with Crippen LogP contribution in [0.15, 0.2) is 72.8 Å². The van der Waals surface area contributed by atoms with E-state index in [-0.39, 0.29) is 67.2 Å². The van der Waals surface area contributed by atoms with Gasteiger partial charge in [-0.3, -0.25) is 34.6 Å². The second-order valence-electron chi connectivity index (χ2n) is 18.8. The molecule has 4 aliphatic rings. The summed E-state index contributed by atoms with van der Waals surface area (Å²) in [6, 6.07) is 18.8. The Balaban J connectivity index is 0.874. The summed E-state index contributed by atoms with van der Waals surface area (Å²) in [5.41, 5.74) is 3.33. The van der Waals surface area contributed by atoms with E-state index in [1.165, 1.54) is 36.4 Å². The van der Waals surface area contributed by atoms with E-state index in [0.29, 0.717) is 71.2 Å². The Morgan fingerprint density at radius 1 is 0.529 bits per heavy atom. The fourth-order valence-electron chi connectivity index (χ4n) is 10.5. The van der Waals surface area contributed by atoms with Gasteiger partial charge in [-0.2, -0.15) is 0 Å². The van der Waals surface area contributed by atoms with Crippen molar-refractivity contribution in [1.82, 2.24) is 9.80 Å². The maximum atomic E-state index is 15.9. The van der Waals surface area contributed by atoms with Crippen molar-refractivity contribution in [3.05, 3.63) is 127 Å². The molecule has 0 saturated carbocycles. The van der Waals surface area contributed by atoms with Gasteiger partial charge in [-0.05, 0) is 99.9 Å². The first kappa shape index (κ1) is 47.8. The van der Waals surface area contributed by atoms with Gasteiger partial charge in [0.05, 0.1) is 43.7 Å². The van der Waals surface area contributed by atoms with Crippen molar-refractivity contribution in [2.75, 3.05) is 85.0 Å². The second kappa shape index (κ2) is 20.3. The van der Waals surface area contributed by atoms with Gasteiger partial charge in [0, 0.05) is 114 Å². The lowest BCUT2D eigenvalue weighted by Gasteiger charge is -2.39. The normalized spacial score (nSPS) is 20.0. The van der Waals surface area contributed by atoms with Crippen LogP contribution in [0.3, 0.4) is 0 Å². The van der Waals surface area contributed by atoms with E-state index in [9.17, 15) is 34.6 Å². The van der Waals surface area contributed by atoms with Crippen molar-refractivity contribution in [1.29, 1.82) is 0 Å². The number of nitro benzene ring substituents is 2. The number of nitro groups is 2. The number of piperidine rings is 2.